The summed E-state index contributed by atoms with van der Waals surface area (Å²) in [6, 6.07) is 18.7. The number of ether oxygens (including phenoxy) is 2. The van der Waals surface area contributed by atoms with Crippen molar-refractivity contribution in [1.82, 2.24) is 0 Å². The Balaban J connectivity index is 1.14. The van der Waals surface area contributed by atoms with Gasteiger partial charge in [0.2, 0.25) is 0 Å². The lowest BCUT2D eigenvalue weighted by Crippen LogP contribution is -2.51. The zero-order chi connectivity index (χ0) is 27.2. The van der Waals surface area contributed by atoms with Crippen molar-refractivity contribution in [2.24, 2.45) is 34.5 Å². The minimum atomic E-state index is -0.203. The maximum absolute atomic E-state index is 12.8. The molecule has 0 bridgehead atoms. The quantitative estimate of drug-likeness (QED) is 0.292. The molecule has 6 rings (SSSR count). The molecule has 4 aliphatic carbocycles. The largest absolute Gasteiger partial charge is 0.459 e. The van der Waals surface area contributed by atoms with Crippen molar-refractivity contribution in [3.63, 3.8) is 0 Å². The molecule has 0 spiro atoms. The maximum Gasteiger partial charge on any atom is 0.338 e. The zero-order valence-electron chi connectivity index (χ0n) is 23.6. The minimum absolute atomic E-state index is 0.0292. The van der Waals surface area contributed by atoms with E-state index in [1.54, 1.807) is 0 Å². The number of hydrogen-bond acceptors (Lipinski definition) is 4. The number of fused-ring (bicyclic) bond motifs is 5. The fourth-order valence-corrected chi connectivity index (χ4v) is 9.23. The van der Waals surface area contributed by atoms with Crippen LogP contribution in [0.15, 0.2) is 72.3 Å². The number of carbonyl (C=O) groups is 2. The second-order valence-electron chi connectivity index (χ2n) is 13.1. The summed E-state index contributed by atoms with van der Waals surface area (Å²) in [5.41, 5.74) is 3.19. The number of hydrogen-bond donors (Lipinski definition) is 0. The molecule has 39 heavy (non-hydrogen) atoms. The molecule has 0 unspecified atom stereocenters. The van der Waals surface area contributed by atoms with Gasteiger partial charge in [0.05, 0.1) is 11.1 Å². The second-order valence-corrected chi connectivity index (χ2v) is 13.1. The first-order chi connectivity index (χ1) is 18.8. The second kappa shape index (κ2) is 10.3. The highest BCUT2D eigenvalue weighted by atomic mass is 16.5. The summed E-state index contributed by atoms with van der Waals surface area (Å²) >= 11 is 0. The predicted molar refractivity (Wildman–Crippen MR) is 152 cm³/mol. The lowest BCUT2D eigenvalue weighted by molar-refractivity contribution is -0.0727. The first-order valence-electron chi connectivity index (χ1n) is 15.0. The van der Waals surface area contributed by atoms with Crippen LogP contribution in [-0.4, -0.2) is 24.1 Å². The molecule has 0 N–H and O–H groups in total. The molecule has 0 saturated heterocycles. The lowest BCUT2D eigenvalue weighted by atomic mass is 9.47. The summed E-state index contributed by atoms with van der Waals surface area (Å²) in [4.78, 5) is 25.5. The van der Waals surface area contributed by atoms with Crippen LogP contribution in [0.1, 0.15) is 92.9 Å². The van der Waals surface area contributed by atoms with Gasteiger partial charge in [-0.15, -0.1) is 0 Å². The van der Waals surface area contributed by atoms with Gasteiger partial charge in [0.25, 0.3) is 0 Å². The average Bonchev–Trinajstić information content (AvgIpc) is 3.31. The Hall–Kier alpha value is -2.88. The van der Waals surface area contributed by atoms with E-state index < -0.39 is 0 Å². The highest BCUT2D eigenvalue weighted by Gasteiger charge is 2.59. The summed E-state index contributed by atoms with van der Waals surface area (Å²) in [6.07, 6.45) is 11.2. The van der Waals surface area contributed by atoms with Gasteiger partial charge in [-0.05, 0) is 105 Å². The van der Waals surface area contributed by atoms with E-state index in [9.17, 15) is 9.59 Å². The number of rotatable bonds is 5. The Morgan fingerprint density at radius 2 is 1.49 bits per heavy atom. The van der Waals surface area contributed by atoms with Crippen LogP contribution in [0.2, 0.25) is 0 Å². The van der Waals surface area contributed by atoms with E-state index in [0.29, 0.717) is 34.8 Å². The fraction of sp³-hybridized carbons (Fsp3) is 0.543. The van der Waals surface area contributed by atoms with Gasteiger partial charge >= 0.3 is 11.9 Å². The maximum atomic E-state index is 12.8. The van der Waals surface area contributed by atoms with Crippen LogP contribution >= 0.6 is 0 Å². The molecule has 8 atom stereocenters. The third-order valence-electron chi connectivity index (χ3n) is 11.3. The van der Waals surface area contributed by atoms with Crippen LogP contribution in [-0.2, 0) is 9.47 Å². The Labute approximate surface area is 233 Å². The molecule has 2 aromatic carbocycles. The van der Waals surface area contributed by atoms with Crippen LogP contribution < -0.4 is 0 Å². The Morgan fingerprint density at radius 1 is 0.821 bits per heavy atom. The smallest absolute Gasteiger partial charge is 0.338 e. The molecule has 3 saturated carbocycles. The molecule has 206 valence electrons. The summed E-state index contributed by atoms with van der Waals surface area (Å²) in [5, 5.41) is 0. The minimum Gasteiger partial charge on any atom is -0.459 e. The van der Waals surface area contributed by atoms with Gasteiger partial charge < -0.3 is 9.47 Å². The van der Waals surface area contributed by atoms with Gasteiger partial charge in [0, 0.05) is 12.3 Å². The third-order valence-corrected chi connectivity index (χ3v) is 11.3. The van der Waals surface area contributed by atoms with Crippen molar-refractivity contribution in [2.45, 2.75) is 84.3 Å². The van der Waals surface area contributed by atoms with E-state index in [4.69, 9.17) is 9.47 Å². The molecule has 0 radical (unpaired) electrons. The van der Waals surface area contributed by atoms with Crippen molar-refractivity contribution >= 4 is 11.9 Å². The zero-order valence-corrected chi connectivity index (χ0v) is 23.6. The lowest BCUT2D eigenvalue weighted by Gasteiger charge is -2.58. The SMILES string of the molecule is C[C@H](OC(=O)c1ccccc1)[C@@H]1CC[C@@H]2[C@H]3CC=C4C[C@@H](OC(=O)c5ccccc5)CC[C@]4(C)[C@@H]3CC[C@@]21C. The fourth-order valence-electron chi connectivity index (χ4n) is 9.23. The highest BCUT2D eigenvalue weighted by molar-refractivity contribution is 5.89. The van der Waals surface area contributed by atoms with Crippen molar-refractivity contribution in [3.8, 4) is 0 Å². The van der Waals surface area contributed by atoms with E-state index in [0.717, 1.165) is 32.1 Å². The Kier molecular flexibility index (Phi) is 6.93. The molecular formula is C35H42O4. The highest BCUT2D eigenvalue weighted by Crippen LogP contribution is 2.66. The van der Waals surface area contributed by atoms with E-state index in [-0.39, 0.29) is 35.0 Å². The van der Waals surface area contributed by atoms with Gasteiger partial charge in [-0.1, -0.05) is 61.9 Å². The molecule has 0 heterocycles. The molecular weight excluding hydrogens is 484 g/mol. The van der Waals surface area contributed by atoms with Crippen LogP contribution in [0, 0.1) is 34.5 Å². The van der Waals surface area contributed by atoms with Crippen LogP contribution in [0.4, 0.5) is 0 Å². The van der Waals surface area contributed by atoms with Gasteiger partial charge in [-0.3, -0.25) is 0 Å². The van der Waals surface area contributed by atoms with Crippen molar-refractivity contribution in [2.75, 3.05) is 0 Å². The van der Waals surface area contributed by atoms with Gasteiger partial charge in [0.1, 0.15) is 12.2 Å². The first-order valence-corrected chi connectivity index (χ1v) is 15.0. The summed E-state index contributed by atoms with van der Waals surface area (Å²) in [5.74, 6) is 2.03. The summed E-state index contributed by atoms with van der Waals surface area (Å²) in [6.45, 7) is 7.09. The Bertz CT molecular complexity index is 1240. The monoisotopic (exact) mass is 526 g/mol. The van der Waals surface area contributed by atoms with Crippen LogP contribution in [0.3, 0.4) is 0 Å². The number of benzene rings is 2. The molecule has 4 heteroatoms. The molecule has 2 aromatic rings. The Morgan fingerprint density at radius 3 is 2.18 bits per heavy atom. The van der Waals surface area contributed by atoms with Crippen molar-refractivity contribution in [1.29, 1.82) is 0 Å². The van der Waals surface area contributed by atoms with E-state index in [2.05, 4.69) is 26.8 Å². The van der Waals surface area contributed by atoms with E-state index in [1.807, 2.05) is 60.7 Å². The average molecular weight is 527 g/mol. The standard InChI is InChI=1S/C35H42O4/c1-23(38-32(36)24-10-6-4-7-11-24)29-16-17-30-28-15-14-26-22-27(39-33(37)25-12-8-5-9-13-25)18-20-34(26,2)31(28)19-21-35(29,30)3/h4-14,23,27-31H,15-22H2,1-3H3/t23-,27-,28+,29-,30+,31+,34-,35+/m0/s1. The summed E-state index contributed by atoms with van der Waals surface area (Å²) < 4.78 is 12.0. The first kappa shape index (κ1) is 26.3. The van der Waals surface area contributed by atoms with Crippen molar-refractivity contribution < 1.29 is 19.1 Å². The third kappa shape index (κ3) is 4.64. The molecule has 0 aromatic heterocycles. The van der Waals surface area contributed by atoms with E-state index in [1.165, 1.54) is 24.8 Å². The number of allylic oxidation sites excluding steroid dienone is 1. The number of carbonyl (C=O) groups excluding carboxylic acids is 2. The molecule has 4 nitrogen and oxygen atoms in total. The molecule has 4 aliphatic rings. The van der Waals surface area contributed by atoms with Crippen LogP contribution in [0.25, 0.3) is 0 Å². The number of esters is 2. The van der Waals surface area contributed by atoms with Gasteiger partial charge in [-0.25, -0.2) is 9.59 Å². The molecule has 0 amide bonds. The molecule has 3 fully saturated rings. The molecule has 0 aliphatic heterocycles. The van der Waals surface area contributed by atoms with Crippen LogP contribution in [0.5, 0.6) is 0 Å². The van der Waals surface area contributed by atoms with Gasteiger partial charge in [-0.2, -0.15) is 0 Å². The predicted octanol–water partition coefficient (Wildman–Crippen LogP) is 8.04. The summed E-state index contributed by atoms with van der Waals surface area (Å²) in [7, 11) is 0. The van der Waals surface area contributed by atoms with Crippen molar-refractivity contribution in [3.05, 3.63) is 83.4 Å². The normalized spacial score (nSPS) is 36.0. The van der Waals surface area contributed by atoms with Gasteiger partial charge in [0.15, 0.2) is 0 Å². The van der Waals surface area contributed by atoms with E-state index >= 15 is 0 Å². The topological polar surface area (TPSA) is 52.6 Å².